The molecule has 2 unspecified atom stereocenters. The minimum absolute atomic E-state index is 0.00560. The molecule has 1 aromatic heterocycles. The number of amides is 1. The van der Waals surface area contributed by atoms with Gasteiger partial charge in [-0.15, -0.1) is 11.3 Å². The van der Waals surface area contributed by atoms with Gasteiger partial charge in [0.05, 0.1) is 12.0 Å². The molecule has 1 saturated heterocycles. The Morgan fingerprint density at radius 2 is 2.41 bits per heavy atom. The lowest BCUT2D eigenvalue weighted by atomic mass is 9.95. The number of hydrogen-bond donors (Lipinski definition) is 1. The fourth-order valence-electron chi connectivity index (χ4n) is 2.21. The number of rotatable bonds is 2. The third-order valence-electron chi connectivity index (χ3n) is 3.12. The van der Waals surface area contributed by atoms with Gasteiger partial charge in [-0.25, -0.2) is 4.98 Å². The molecule has 0 spiro atoms. The van der Waals surface area contributed by atoms with E-state index in [0.717, 1.165) is 0 Å². The van der Waals surface area contributed by atoms with Crippen molar-refractivity contribution in [3.8, 4) is 0 Å². The summed E-state index contributed by atoms with van der Waals surface area (Å²) < 4.78 is 0. The maximum Gasteiger partial charge on any atom is 0.309 e. The number of hydrogen-bond acceptors (Lipinski definition) is 4. The highest BCUT2D eigenvalue weighted by Crippen LogP contribution is 2.35. The van der Waals surface area contributed by atoms with E-state index in [2.05, 4.69) is 4.98 Å². The maximum atomic E-state index is 11.8. The van der Waals surface area contributed by atoms with Gasteiger partial charge in [0.15, 0.2) is 0 Å². The number of aliphatic carboxylic acids is 1. The molecule has 2 rings (SSSR count). The molecule has 0 bridgehead atoms. The molecule has 1 aliphatic heterocycles. The van der Waals surface area contributed by atoms with Gasteiger partial charge in [-0.2, -0.15) is 0 Å². The number of carboxylic acid groups (broad SMARTS) is 1. The van der Waals surface area contributed by atoms with Gasteiger partial charge in [0.1, 0.15) is 5.01 Å². The quantitative estimate of drug-likeness (QED) is 0.868. The molecule has 0 aromatic carbocycles. The van der Waals surface area contributed by atoms with Crippen LogP contribution in [0.2, 0.25) is 0 Å². The molecule has 0 aliphatic carbocycles. The second-order valence-corrected chi connectivity index (χ2v) is 5.08. The Morgan fingerprint density at radius 3 is 3.00 bits per heavy atom. The van der Waals surface area contributed by atoms with E-state index in [1.807, 2.05) is 0 Å². The average Bonchev–Trinajstić information content (AvgIpc) is 2.75. The highest BCUT2D eigenvalue weighted by Gasteiger charge is 2.38. The SMILES string of the molecule is CN1C(=O)CCCC(C(=O)O)C1c1nccs1. The number of carbonyl (C=O) groups excluding carboxylic acids is 1. The van der Waals surface area contributed by atoms with Crippen LogP contribution < -0.4 is 0 Å². The minimum atomic E-state index is -0.855. The lowest BCUT2D eigenvalue weighted by molar-refractivity contribution is -0.145. The van der Waals surface area contributed by atoms with E-state index in [0.29, 0.717) is 24.3 Å². The fourth-order valence-corrected chi connectivity index (χ4v) is 3.05. The Labute approximate surface area is 103 Å². The first-order chi connectivity index (χ1) is 8.11. The zero-order chi connectivity index (χ0) is 12.4. The largest absolute Gasteiger partial charge is 0.481 e. The second kappa shape index (κ2) is 4.83. The third-order valence-corrected chi connectivity index (χ3v) is 3.97. The first kappa shape index (κ1) is 12.0. The van der Waals surface area contributed by atoms with Gasteiger partial charge in [0.2, 0.25) is 5.91 Å². The molecule has 6 heteroatoms. The van der Waals surface area contributed by atoms with Crippen LogP contribution >= 0.6 is 11.3 Å². The van der Waals surface area contributed by atoms with Crippen molar-refractivity contribution in [1.82, 2.24) is 9.88 Å². The Morgan fingerprint density at radius 1 is 1.65 bits per heavy atom. The van der Waals surface area contributed by atoms with Gasteiger partial charge in [0, 0.05) is 25.0 Å². The average molecular weight is 254 g/mol. The lowest BCUT2D eigenvalue weighted by Crippen LogP contribution is -2.36. The molecular formula is C11H14N2O3S. The van der Waals surface area contributed by atoms with Crippen LogP contribution in [0.5, 0.6) is 0 Å². The molecule has 92 valence electrons. The van der Waals surface area contributed by atoms with Crippen molar-refractivity contribution < 1.29 is 14.7 Å². The number of carbonyl (C=O) groups is 2. The minimum Gasteiger partial charge on any atom is -0.481 e. The smallest absolute Gasteiger partial charge is 0.309 e. The summed E-state index contributed by atoms with van der Waals surface area (Å²) in [4.78, 5) is 28.8. The van der Waals surface area contributed by atoms with E-state index in [1.54, 1.807) is 18.6 Å². The fraction of sp³-hybridized carbons (Fsp3) is 0.545. The number of aromatic nitrogens is 1. The molecule has 2 heterocycles. The van der Waals surface area contributed by atoms with Gasteiger partial charge in [-0.1, -0.05) is 0 Å². The molecule has 5 nitrogen and oxygen atoms in total. The van der Waals surface area contributed by atoms with Crippen molar-refractivity contribution in [3.05, 3.63) is 16.6 Å². The normalized spacial score (nSPS) is 25.7. The van der Waals surface area contributed by atoms with Crippen molar-refractivity contribution in [2.45, 2.75) is 25.3 Å². The van der Waals surface area contributed by atoms with E-state index in [-0.39, 0.29) is 5.91 Å². The number of carboxylic acids is 1. The van der Waals surface area contributed by atoms with E-state index in [1.165, 1.54) is 16.2 Å². The summed E-state index contributed by atoms with van der Waals surface area (Å²) in [5.41, 5.74) is 0. The summed E-state index contributed by atoms with van der Waals surface area (Å²) in [6.45, 7) is 0. The van der Waals surface area contributed by atoms with E-state index in [4.69, 9.17) is 0 Å². The highest BCUT2D eigenvalue weighted by molar-refractivity contribution is 7.09. The predicted molar refractivity (Wildman–Crippen MR) is 62.6 cm³/mol. The monoisotopic (exact) mass is 254 g/mol. The van der Waals surface area contributed by atoms with E-state index in [9.17, 15) is 14.7 Å². The van der Waals surface area contributed by atoms with Gasteiger partial charge in [0.25, 0.3) is 0 Å². The number of nitrogens with zero attached hydrogens (tertiary/aromatic N) is 2. The van der Waals surface area contributed by atoms with Gasteiger partial charge >= 0.3 is 5.97 Å². The van der Waals surface area contributed by atoms with Crippen LogP contribution in [0.3, 0.4) is 0 Å². The standard InChI is InChI=1S/C11H14N2O3S/c1-13-8(14)4-2-3-7(11(15)16)9(13)10-12-5-6-17-10/h5-7,9H,2-4H2,1H3,(H,15,16). The van der Waals surface area contributed by atoms with Crippen molar-refractivity contribution in [1.29, 1.82) is 0 Å². The Kier molecular flexibility index (Phi) is 3.42. The molecule has 2 atom stereocenters. The van der Waals surface area contributed by atoms with E-state index >= 15 is 0 Å². The molecule has 0 radical (unpaired) electrons. The molecule has 1 aliphatic rings. The summed E-state index contributed by atoms with van der Waals surface area (Å²) in [6.07, 6.45) is 3.21. The number of thiazole rings is 1. The summed E-state index contributed by atoms with van der Waals surface area (Å²) in [7, 11) is 1.66. The predicted octanol–water partition coefficient (Wildman–Crippen LogP) is 1.53. The first-order valence-corrected chi connectivity index (χ1v) is 6.37. The second-order valence-electron chi connectivity index (χ2n) is 4.16. The van der Waals surface area contributed by atoms with Crippen molar-refractivity contribution in [2.75, 3.05) is 7.05 Å². The molecule has 1 N–H and O–H groups in total. The van der Waals surface area contributed by atoms with Crippen molar-refractivity contribution >= 4 is 23.2 Å². The van der Waals surface area contributed by atoms with Crippen LogP contribution in [0.4, 0.5) is 0 Å². The third kappa shape index (κ3) is 2.31. The summed E-state index contributed by atoms with van der Waals surface area (Å²) in [5.74, 6) is -1.42. The zero-order valence-electron chi connectivity index (χ0n) is 9.50. The summed E-state index contributed by atoms with van der Waals surface area (Å²) >= 11 is 1.40. The van der Waals surface area contributed by atoms with E-state index < -0.39 is 17.9 Å². The molecule has 17 heavy (non-hydrogen) atoms. The number of likely N-dealkylation sites (tertiary alicyclic amines) is 1. The molecule has 1 fully saturated rings. The van der Waals surface area contributed by atoms with Crippen LogP contribution in [0.1, 0.15) is 30.3 Å². The molecule has 0 saturated carbocycles. The van der Waals surface area contributed by atoms with Gasteiger partial charge in [-0.3, -0.25) is 9.59 Å². The topological polar surface area (TPSA) is 70.5 Å². The molecular weight excluding hydrogens is 240 g/mol. The highest BCUT2D eigenvalue weighted by atomic mass is 32.1. The molecule has 1 amide bonds. The van der Waals surface area contributed by atoms with Gasteiger partial charge in [-0.05, 0) is 12.8 Å². The summed E-state index contributed by atoms with van der Waals surface area (Å²) in [6, 6.07) is -0.428. The van der Waals surface area contributed by atoms with Crippen molar-refractivity contribution in [2.24, 2.45) is 5.92 Å². The van der Waals surface area contributed by atoms with Crippen LogP contribution in [0.15, 0.2) is 11.6 Å². The Hall–Kier alpha value is -1.43. The Balaban J connectivity index is 2.37. The summed E-state index contributed by atoms with van der Waals surface area (Å²) in [5, 5.41) is 11.8. The van der Waals surface area contributed by atoms with Crippen LogP contribution in [-0.2, 0) is 9.59 Å². The van der Waals surface area contributed by atoms with Crippen LogP contribution in [-0.4, -0.2) is 33.9 Å². The maximum absolute atomic E-state index is 11.8. The lowest BCUT2D eigenvalue weighted by Gasteiger charge is -2.28. The Bertz CT molecular complexity index is 418. The van der Waals surface area contributed by atoms with Crippen LogP contribution in [0, 0.1) is 5.92 Å². The molecule has 1 aromatic rings. The first-order valence-electron chi connectivity index (χ1n) is 5.49. The van der Waals surface area contributed by atoms with Crippen molar-refractivity contribution in [3.63, 3.8) is 0 Å². The zero-order valence-corrected chi connectivity index (χ0v) is 10.3. The van der Waals surface area contributed by atoms with Crippen LogP contribution in [0.25, 0.3) is 0 Å². The van der Waals surface area contributed by atoms with Gasteiger partial charge < -0.3 is 10.0 Å².